The van der Waals surface area contributed by atoms with Crippen LogP contribution in [0.3, 0.4) is 0 Å². The van der Waals surface area contributed by atoms with Crippen LogP contribution in [0.2, 0.25) is 0 Å². The second kappa shape index (κ2) is 6.08. The van der Waals surface area contributed by atoms with Gasteiger partial charge in [0.25, 0.3) is 11.7 Å². The van der Waals surface area contributed by atoms with Gasteiger partial charge in [-0.3, -0.25) is 10.5 Å². The number of H-pyrrole nitrogens is 1. The lowest BCUT2D eigenvalue weighted by atomic mass is 9.48. The first kappa shape index (κ1) is 17.7. The first-order chi connectivity index (χ1) is 13.4. The Morgan fingerprint density at radius 2 is 1.89 bits per heavy atom. The third-order valence-electron chi connectivity index (χ3n) is 7.49. The molecule has 0 spiro atoms. The Hall–Kier alpha value is -2.33. The Balaban J connectivity index is 1.41. The van der Waals surface area contributed by atoms with E-state index in [1.807, 2.05) is 0 Å². The molecule has 2 aromatic heterocycles. The number of nitrogen functional groups attached to an aromatic ring is 2. The number of nitrogens with one attached hydrogen (secondary N) is 2. The predicted octanol–water partition coefficient (Wildman–Crippen LogP) is 3.09. The zero-order valence-corrected chi connectivity index (χ0v) is 16.9. The number of nitriles is 1. The van der Waals surface area contributed by atoms with Crippen LogP contribution in [0.5, 0.6) is 0 Å². The average Bonchev–Trinajstić information content (AvgIpc) is 2.95. The molecule has 0 unspecified atom stereocenters. The van der Waals surface area contributed by atoms with Crippen LogP contribution in [0.4, 0.5) is 11.5 Å². The minimum absolute atomic E-state index is 0.118. The summed E-state index contributed by atoms with van der Waals surface area (Å²) in [5.74, 6) is 2.73. The molecule has 4 bridgehead atoms. The molecule has 0 aromatic carbocycles. The maximum atomic E-state index is 13.1. The number of carbonyl (C=O) groups excluding carboxylic acids is 1. The Kier molecular flexibility index (Phi) is 3.86. The van der Waals surface area contributed by atoms with E-state index in [0.717, 1.165) is 22.6 Å². The van der Waals surface area contributed by atoms with E-state index in [9.17, 15) is 10.1 Å². The van der Waals surface area contributed by atoms with Gasteiger partial charge in [0.05, 0.1) is 11.1 Å². The van der Waals surface area contributed by atoms with Crippen LogP contribution in [0, 0.1) is 34.5 Å². The predicted molar refractivity (Wildman–Crippen MR) is 109 cm³/mol. The van der Waals surface area contributed by atoms with Gasteiger partial charge in [0.1, 0.15) is 16.5 Å². The van der Waals surface area contributed by atoms with Crippen molar-refractivity contribution in [1.29, 1.82) is 5.26 Å². The molecule has 4 saturated carbocycles. The normalized spacial score (nSPS) is 31.6. The van der Waals surface area contributed by atoms with Crippen molar-refractivity contribution in [3.05, 3.63) is 16.5 Å². The van der Waals surface area contributed by atoms with Crippen molar-refractivity contribution in [2.24, 2.45) is 23.2 Å². The van der Waals surface area contributed by atoms with E-state index in [-0.39, 0.29) is 17.4 Å². The van der Waals surface area contributed by atoms with Gasteiger partial charge in [-0.05, 0) is 74.7 Å². The van der Waals surface area contributed by atoms with Crippen LogP contribution in [-0.4, -0.2) is 11.9 Å². The van der Waals surface area contributed by atoms with Crippen LogP contribution >= 0.6 is 11.3 Å². The molecular weight excluding hydrogens is 370 g/mol. The van der Waals surface area contributed by atoms with Gasteiger partial charge in [-0.1, -0.05) is 11.3 Å². The minimum Gasteiger partial charge on any atom is -0.397 e. The van der Waals surface area contributed by atoms with Crippen molar-refractivity contribution in [3.8, 4) is 6.07 Å². The Morgan fingerprint density at radius 1 is 1.29 bits per heavy atom. The van der Waals surface area contributed by atoms with E-state index in [4.69, 9.17) is 11.5 Å². The van der Waals surface area contributed by atoms with Gasteiger partial charge in [0.15, 0.2) is 4.83 Å². The number of carbonyl (C=O) groups is 1. The zero-order valence-electron chi connectivity index (χ0n) is 16.0. The van der Waals surface area contributed by atoms with E-state index in [1.54, 1.807) is 6.07 Å². The largest absolute Gasteiger partial charge is 0.397 e. The highest BCUT2D eigenvalue weighted by Gasteiger charge is 2.53. The molecule has 6 N–H and O–H groups in total. The molecule has 0 saturated heterocycles. The van der Waals surface area contributed by atoms with Crippen molar-refractivity contribution in [2.45, 2.75) is 51.5 Å². The van der Waals surface area contributed by atoms with Crippen LogP contribution in [0.1, 0.15) is 60.7 Å². The molecule has 7 heteroatoms. The summed E-state index contributed by atoms with van der Waals surface area (Å²) in [5.41, 5.74) is 13.2. The number of hydrogen-bond donors (Lipinski definition) is 3. The Morgan fingerprint density at radius 3 is 2.46 bits per heavy atom. The fraction of sp³-hybridized carbons (Fsp3) is 0.571. The van der Waals surface area contributed by atoms with Gasteiger partial charge in [0, 0.05) is 6.04 Å². The fourth-order valence-corrected chi connectivity index (χ4v) is 7.50. The molecule has 0 radical (unpaired) electrons. The summed E-state index contributed by atoms with van der Waals surface area (Å²) >= 11 is 1.30. The first-order valence-electron chi connectivity index (χ1n) is 10.1. The van der Waals surface area contributed by atoms with Gasteiger partial charge in [-0.25, -0.2) is 4.98 Å². The van der Waals surface area contributed by atoms with E-state index in [2.05, 4.69) is 23.3 Å². The van der Waals surface area contributed by atoms with Crippen molar-refractivity contribution in [3.63, 3.8) is 0 Å². The van der Waals surface area contributed by atoms with Gasteiger partial charge in [0.2, 0.25) is 0 Å². The van der Waals surface area contributed by atoms with E-state index < -0.39 is 0 Å². The molecule has 28 heavy (non-hydrogen) atoms. The van der Waals surface area contributed by atoms with Gasteiger partial charge >= 0.3 is 0 Å². The molecule has 0 aliphatic heterocycles. The summed E-state index contributed by atoms with van der Waals surface area (Å²) in [4.78, 5) is 17.3. The molecular formula is C21H26N5OS+. The second-order valence-corrected chi connectivity index (χ2v) is 10.3. The number of nitrogens with two attached hydrogens (primary N) is 2. The van der Waals surface area contributed by atoms with Crippen molar-refractivity contribution in [2.75, 3.05) is 11.5 Å². The molecule has 6 nitrogen and oxygen atoms in total. The lowest BCUT2D eigenvalue weighted by molar-refractivity contribution is -0.323. The molecule has 4 aliphatic rings. The van der Waals surface area contributed by atoms with Crippen molar-refractivity contribution < 1.29 is 9.78 Å². The Labute approximate surface area is 168 Å². The number of nitrogens with zero attached hydrogens (tertiary/aromatic N) is 1. The highest BCUT2D eigenvalue weighted by Crippen LogP contribution is 2.61. The van der Waals surface area contributed by atoms with Gasteiger partial charge in [-0.2, -0.15) is 5.26 Å². The lowest BCUT2D eigenvalue weighted by Crippen LogP contribution is -2.55. The highest BCUT2D eigenvalue weighted by atomic mass is 32.1. The van der Waals surface area contributed by atoms with Gasteiger partial charge in [-0.15, -0.1) is 0 Å². The molecule has 1 atom stereocenters. The van der Waals surface area contributed by atoms with E-state index in [0.29, 0.717) is 27.3 Å². The first-order valence-corrected chi connectivity index (χ1v) is 10.9. The van der Waals surface area contributed by atoms with Gasteiger partial charge < -0.3 is 11.1 Å². The van der Waals surface area contributed by atoms with Crippen molar-refractivity contribution in [1.82, 2.24) is 5.32 Å². The monoisotopic (exact) mass is 396 g/mol. The smallest absolute Gasteiger partial charge is 0.289 e. The lowest BCUT2D eigenvalue weighted by Gasteiger charge is -2.59. The van der Waals surface area contributed by atoms with Crippen LogP contribution in [0.25, 0.3) is 10.2 Å². The summed E-state index contributed by atoms with van der Waals surface area (Å²) in [6.45, 7) is 2.17. The number of aromatic nitrogens is 1. The summed E-state index contributed by atoms with van der Waals surface area (Å²) in [6.07, 6.45) is 7.92. The SMILES string of the molecule is C[C@H](NC(=O)c1sc2[nH+]c(N)c(C#N)cc2c1N)C12CC3CC(CC(C3)C1)C2. The molecule has 4 aliphatic carbocycles. The summed E-state index contributed by atoms with van der Waals surface area (Å²) in [6, 6.07) is 3.85. The number of hydrogen-bond acceptors (Lipinski definition) is 5. The number of anilines is 2. The fourth-order valence-electron chi connectivity index (χ4n) is 6.49. The third-order valence-corrected chi connectivity index (χ3v) is 8.62. The summed E-state index contributed by atoms with van der Waals surface area (Å²) in [5, 5.41) is 13.2. The summed E-state index contributed by atoms with van der Waals surface area (Å²) in [7, 11) is 0. The summed E-state index contributed by atoms with van der Waals surface area (Å²) < 4.78 is 0. The van der Waals surface area contributed by atoms with Crippen LogP contribution in [-0.2, 0) is 0 Å². The minimum atomic E-state index is -0.118. The maximum Gasteiger partial charge on any atom is 0.289 e. The maximum absolute atomic E-state index is 13.1. The standard InChI is InChI=1S/C21H25N5OS/c1-10(21-6-11-2-12(7-21)4-13(3-11)8-21)25-19(27)17-16(23)15-5-14(9-22)18(24)26-20(15)28-17/h5,10-13H,2-4,6-8,23H2,1H3,(H2,24,26)(H,25,27)/p+1/t10-,11?,12?,13?,21?/m0/s1. The second-order valence-electron chi connectivity index (χ2n) is 9.27. The molecule has 146 valence electrons. The number of thiophene rings is 1. The molecule has 1 amide bonds. The van der Waals surface area contributed by atoms with Crippen LogP contribution in [0.15, 0.2) is 6.07 Å². The molecule has 2 heterocycles. The number of amides is 1. The number of aromatic amines is 1. The van der Waals surface area contributed by atoms with E-state index in [1.165, 1.54) is 49.9 Å². The van der Waals surface area contributed by atoms with Crippen molar-refractivity contribution >= 4 is 39.0 Å². The quantitative estimate of drug-likeness (QED) is 0.738. The number of rotatable bonds is 3. The van der Waals surface area contributed by atoms with Crippen LogP contribution < -0.4 is 21.8 Å². The topological polar surface area (TPSA) is 119 Å². The Bertz CT molecular complexity index is 985. The van der Waals surface area contributed by atoms with E-state index >= 15 is 0 Å². The molecule has 6 rings (SSSR count). The third kappa shape index (κ3) is 2.58. The zero-order chi connectivity index (χ0) is 19.6. The number of pyridine rings is 1. The molecule has 2 aromatic rings. The highest BCUT2D eigenvalue weighted by molar-refractivity contribution is 7.20. The number of fused-ring (bicyclic) bond motifs is 1. The average molecular weight is 397 g/mol. The molecule has 4 fully saturated rings.